The lowest BCUT2D eigenvalue weighted by Crippen LogP contribution is -2.12. The van der Waals surface area contributed by atoms with Crippen molar-refractivity contribution in [3.8, 4) is 0 Å². The predicted octanol–water partition coefficient (Wildman–Crippen LogP) is 4.75. The van der Waals surface area contributed by atoms with Crippen molar-refractivity contribution in [1.29, 1.82) is 0 Å². The molecular formula is C20H15NO4S2. The number of benzene rings is 2. The van der Waals surface area contributed by atoms with E-state index in [9.17, 15) is 19.7 Å². The Morgan fingerprint density at radius 1 is 0.963 bits per heavy atom. The Morgan fingerprint density at radius 2 is 1.59 bits per heavy atom. The number of carbonyl (C=O) groups excluding carboxylic acids is 2. The largest absolute Gasteiger partial charge is 0.289 e. The molecule has 7 heteroatoms. The van der Waals surface area contributed by atoms with Crippen molar-refractivity contribution < 1.29 is 14.5 Å². The average molecular weight is 397 g/mol. The van der Waals surface area contributed by atoms with Crippen LogP contribution >= 0.6 is 23.5 Å². The van der Waals surface area contributed by atoms with Crippen molar-refractivity contribution in [2.24, 2.45) is 0 Å². The van der Waals surface area contributed by atoms with E-state index in [4.69, 9.17) is 0 Å². The second-order valence-corrected chi connectivity index (χ2v) is 8.04. The second-order valence-electron chi connectivity index (χ2n) is 5.57. The molecule has 27 heavy (non-hydrogen) atoms. The molecule has 1 aliphatic heterocycles. The minimum absolute atomic E-state index is 0.0882. The quantitative estimate of drug-likeness (QED) is 0.175. The molecule has 136 valence electrons. The maximum atomic E-state index is 12.9. The van der Waals surface area contributed by atoms with Crippen molar-refractivity contribution >= 4 is 46.9 Å². The summed E-state index contributed by atoms with van der Waals surface area (Å²) in [6, 6.07) is 14.8. The maximum Gasteiger partial charge on any atom is 0.276 e. The third-order valence-corrected chi connectivity index (χ3v) is 6.53. The van der Waals surface area contributed by atoms with E-state index in [0.717, 1.165) is 11.5 Å². The molecule has 0 atom stereocenters. The molecule has 0 aliphatic carbocycles. The fourth-order valence-corrected chi connectivity index (χ4v) is 5.08. The van der Waals surface area contributed by atoms with Crippen molar-refractivity contribution in [3.05, 3.63) is 91.7 Å². The van der Waals surface area contributed by atoms with E-state index in [1.807, 2.05) is 0 Å². The number of nitrogens with zero attached hydrogens (tertiary/aromatic N) is 1. The summed E-state index contributed by atoms with van der Waals surface area (Å²) in [5, 5.41) is 11.1. The highest BCUT2D eigenvalue weighted by Crippen LogP contribution is 2.40. The summed E-state index contributed by atoms with van der Waals surface area (Å²) in [4.78, 5) is 36.4. The number of carbonyl (C=O) groups is 2. The molecule has 0 aromatic heterocycles. The van der Waals surface area contributed by atoms with Gasteiger partial charge in [-0.05, 0) is 18.2 Å². The van der Waals surface area contributed by atoms with E-state index >= 15 is 0 Å². The minimum Gasteiger partial charge on any atom is -0.289 e. The number of para-hydroxylation sites is 1. The molecule has 3 rings (SSSR count). The van der Waals surface area contributed by atoms with E-state index in [-0.39, 0.29) is 17.0 Å². The summed E-state index contributed by atoms with van der Waals surface area (Å²) in [6.45, 7) is 0. The van der Waals surface area contributed by atoms with Crippen molar-refractivity contribution in [2.45, 2.75) is 0 Å². The molecule has 0 radical (unpaired) electrons. The van der Waals surface area contributed by atoms with Gasteiger partial charge in [0.15, 0.2) is 11.6 Å². The Morgan fingerprint density at radius 3 is 2.26 bits per heavy atom. The van der Waals surface area contributed by atoms with Crippen LogP contribution in [0.25, 0.3) is 6.08 Å². The first-order valence-electron chi connectivity index (χ1n) is 8.13. The van der Waals surface area contributed by atoms with Gasteiger partial charge in [-0.1, -0.05) is 42.5 Å². The first-order chi connectivity index (χ1) is 13.1. The number of nitro benzene ring substituents is 1. The van der Waals surface area contributed by atoms with Gasteiger partial charge >= 0.3 is 0 Å². The van der Waals surface area contributed by atoms with Crippen LogP contribution in [0.5, 0.6) is 0 Å². The fraction of sp³-hybridized carbons (Fsp3) is 0.100. The number of allylic oxidation sites excluding steroid dienone is 2. The van der Waals surface area contributed by atoms with Crippen molar-refractivity contribution in [2.75, 3.05) is 11.5 Å². The molecule has 0 N–H and O–H groups in total. The predicted molar refractivity (Wildman–Crippen MR) is 110 cm³/mol. The van der Waals surface area contributed by atoms with Gasteiger partial charge in [-0.2, -0.15) is 0 Å². The van der Waals surface area contributed by atoms with E-state index in [1.54, 1.807) is 48.5 Å². The van der Waals surface area contributed by atoms with Gasteiger partial charge in [-0.15, -0.1) is 23.5 Å². The molecule has 0 spiro atoms. The summed E-state index contributed by atoms with van der Waals surface area (Å²) in [5.41, 5.74) is 0.804. The topological polar surface area (TPSA) is 77.3 Å². The first kappa shape index (κ1) is 19.1. The third-order valence-electron chi connectivity index (χ3n) is 3.81. The number of rotatable bonds is 6. The van der Waals surface area contributed by atoms with E-state index in [2.05, 4.69) is 0 Å². The monoisotopic (exact) mass is 397 g/mol. The number of ketones is 2. The van der Waals surface area contributed by atoms with Crippen LogP contribution in [0.15, 0.2) is 70.5 Å². The lowest BCUT2D eigenvalue weighted by molar-refractivity contribution is -0.385. The summed E-state index contributed by atoms with van der Waals surface area (Å²) in [7, 11) is 0. The van der Waals surface area contributed by atoms with Crippen LogP contribution in [0.2, 0.25) is 0 Å². The third kappa shape index (κ3) is 4.56. The molecule has 1 fully saturated rings. The number of hydrogen-bond acceptors (Lipinski definition) is 6. The van der Waals surface area contributed by atoms with Gasteiger partial charge in [0.25, 0.3) is 5.69 Å². The normalized spacial score (nSPS) is 13.7. The molecule has 0 unspecified atom stereocenters. The van der Waals surface area contributed by atoms with Gasteiger partial charge in [-0.25, -0.2) is 0 Å². The van der Waals surface area contributed by atoms with Crippen LogP contribution in [0.4, 0.5) is 5.69 Å². The SMILES string of the molecule is O=C(/C=C/c1ccccc1[N+](=O)[O-])C(C(=O)c1ccccc1)=C1SCCS1. The number of thioether (sulfide) groups is 2. The van der Waals surface area contributed by atoms with Crippen LogP contribution < -0.4 is 0 Å². The van der Waals surface area contributed by atoms with E-state index in [1.165, 1.54) is 41.7 Å². The number of hydrogen-bond donors (Lipinski definition) is 0. The Bertz CT molecular complexity index is 943. The van der Waals surface area contributed by atoms with Gasteiger partial charge in [0, 0.05) is 23.1 Å². The zero-order chi connectivity index (χ0) is 19.2. The lowest BCUT2D eigenvalue weighted by atomic mass is 10.0. The van der Waals surface area contributed by atoms with Crippen molar-refractivity contribution in [1.82, 2.24) is 0 Å². The highest BCUT2D eigenvalue weighted by molar-refractivity contribution is 8.25. The van der Waals surface area contributed by atoms with Crippen LogP contribution in [0, 0.1) is 10.1 Å². The highest BCUT2D eigenvalue weighted by atomic mass is 32.2. The molecule has 1 heterocycles. The number of Topliss-reactive ketones (excluding diaryl/α,β-unsaturated/α-hetero) is 1. The minimum atomic E-state index is -0.499. The van der Waals surface area contributed by atoms with E-state index in [0.29, 0.717) is 15.4 Å². The molecule has 1 aliphatic rings. The van der Waals surface area contributed by atoms with Crippen LogP contribution in [0.1, 0.15) is 15.9 Å². The molecule has 2 aromatic carbocycles. The van der Waals surface area contributed by atoms with Gasteiger partial charge in [0.2, 0.25) is 0 Å². The van der Waals surface area contributed by atoms with Crippen LogP contribution in [-0.4, -0.2) is 28.0 Å². The zero-order valence-electron chi connectivity index (χ0n) is 14.2. The Hall–Kier alpha value is -2.64. The summed E-state index contributed by atoms with van der Waals surface area (Å²) in [5.74, 6) is 0.906. The molecule has 2 aromatic rings. The maximum absolute atomic E-state index is 12.9. The smallest absolute Gasteiger partial charge is 0.276 e. The first-order valence-corrected chi connectivity index (χ1v) is 10.1. The summed E-state index contributed by atoms with van der Waals surface area (Å²) >= 11 is 2.98. The van der Waals surface area contributed by atoms with Crippen molar-refractivity contribution in [3.63, 3.8) is 0 Å². The standard InChI is InChI=1S/C20H15NO4S2/c22-17(11-10-14-6-4-5-9-16(14)21(24)25)18(20-26-12-13-27-20)19(23)15-7-2-1-3-8-15/h1-11H,12-13H2/b11-10+. The average Bonchev–Trinajstić information content (AvgIpc) is 3.21. The molecular weight excluding hydrogens is 382 g/mol. The van der Waals surface area contributed by atoms with Gasteiger partial charge < -0.3 is 0 Å². The summed E-state index contributed by atoms with van der Waals surface area (Å²) < 4.78 is 0.709. The van der Waals surface area contributed by atoms with Gasteiger partial charge in [-0.3, -0.25) is 19.7 Å². The van der Waals surface area contributed by atoms with Crippen LogP contribution in [-0.2, 0) is 4.79 Å². The Kier molecular flexibility index (Phi) is 6.26. The second kappa shape index (κ2) is 8.83. The lowest BCUT2D eigenvalue weighted by Gasteiger charge is -2.07. The Labute approximate surface area is 164 Å². The zero-order valence-corrected chi connectivity index (χ0v) is 15.8. The van der Waals surface area contributed by atoms with Crippen LogP contribution in [0.3, 0.4) is 0 Å². The number of nitro groups is 1. The molecule has 0 saturated carbocycles. The van der Waals surface area contributed by atoms with Gasteiger partial charge in [0.1, 0.15) is 0 Å². The molecule has 1 saturated heterocycles. The molecule has 0 amide bonds. The van der Waals surface area contributed by atoms with Gasteiger partial charge in [0.05, 0.1) is 20.3 Å². The summed E-state index contributed by atoms with van der Waals surface area (Å²) in [6.07, 6.45) is 2.63. The molecule has 5 nitrogen and oxygen atoms in total. The Balaban J connectivity index is 1.95. The fourth-order valence-electron chi connectivity index (χ4n) is 2.54. The van der Waals surface area contributed by atoms with E-state index < -0.39 is 10.7 Å². The molecule has 0 bridgehead atoms. The highest BCUT2D eigenvalue weighted by Gasteiger charge is 2.25.